The summed E-state index contributed by atoms with van der Waals surface area (Å²) in [7, 11) is 0. The molecule has 0 fully saturated rings. The maximum Gasteiger partial charge on any atom is 0.258 e. The number of rotatable bonds is 4. The zero-order valence-electron chi connectivity index (χ0n) is 21.5. The number of amides is 2. The van der Waals surface area contributed by atoms with Crippen molar-refractivity contribution in [3.63, 3.8) is 0 Å². The van der Waals surface area contributed by atoms with E-state index in [4.69, 9.17) is 11.0 Å². The van der Waals surface area contributed by atoms with Crippen LogP contribution in [-0.2, 0) is 11.3 Å². The summed E-state index contributed by atoms with van der Waals surface area (Å²) in [6.07, 6.45) is 1.58. The molecule has 0 spiro atoms. The molecule has 0 bridgehead atoms. The molecule has 1 aromatic heterocycles. The van der Waals surface area contributed by atoms with Crippen LogP contribution < -0.4 is 11.1 Å². The van der Waals surface area contributed by atoms with Gasteiger partial charge >= 0.3 is 0 Å². The van der Waals surface area contributed by atoms with Crippen molar-refractivity contribution in [1.82, 2.24) is 14.8 Å². The second-order valence-corrected chi connectivity index (χ2v) is 11.3. The predicted octanol–water partition coefficient (Wildman–Crippen LogP) is 5.81. The molecule has 0 saturated carbocycles. The summed E-state index contributed by atoms with van der Waals surface area (Å²) < 4.78 is 1.71. The summed E-state index contributed by atoms with van der Waals surface area (Å²) in [4.78, 5) is 32.3. The van der Waals surface area contributed by atoms with Gasteiger partial charge in [-0.2, -0.15) is 5.26 Å². The third-order valence-electron chi connectivity index (χ3n) is 6.46. The van der Waals surface area contributed by atoms with Crippen LogP contribution in [0.3, 0.4) is 0 Å². The molecular weight excluding hydrogens is 612 g/mol. The van der Waals surface area contributed by atoms with Crippen molar-refractivity contribution >= 4 is 66.0 Å². The lowest BCUT2D eigenvalue weighted by atomic mass is 10.1. The van der Waals surface area contributed by atoms with Crippen molar-refractivity contribution in [2.75, 3.05) is 17.6 Å². The Bertz CT molecular complexity index is 1510. The Kier molecular flexibility index (Phi) is 8.09. The molecule has 2 amide bonds. The molecule has 8 nitrogen and oxygen atoms in total. The summed E-state index contributed by atoms with van der Waals surface area (Å²) in [5.74, 6) is -0.0139. The first-order valence-corrected chi connectivity index (χ1v) is 13.8. The smallest absolute Gasteiger partial charge is 0.258 e. The van der Waals surface area contributed by atoms with Gasteiger partial charge in [-0.1, -0.05) is 18.2 Å². The summed E-state index contributed by atoms with van der Waals surface area (Å²) >= 11 is 6.90. The van der Waals surface area contributed by atoms with E-state index in [0.29, 0.717) is 35.6 Å². The number of anilines is 2. The minimum absolute atomic E-state index is 0.00283. The van der Waals surface area contributed by atoms with Crippen LogP contribution in [0.2, 0.25) is 0 Å². The largest absolute Gasteiger partial charge is 0.397 e. The first-order valence-electron chi connectivity index (χ1n) is 12.2. The fourth-order valence-electron chi connectivity index (χ4n) is 4.43. The van der Waals surface area contributed by atoms with E-state index >= 15 is 0 Å². The van der Waals surface area contributed by atoms with E-state index in [1.165, 1.54) is 0 Å². The zero-order chi connectivity index (χ0) is 27.7. The first kappa shape index (κ1) is 27.6. The second-order valence-electron chi connectivity index (χ2n) is 9.64. The van der Waals surface area contributed by atoms with Crippen molar-refractivity contribution in [3.8, 4) is 6.07 Å². The van der Waals surface area contributed by atoms with Crippen LogP contribution >= 0.6 is 31.9 Å². The fourth-order valence-corrected chi connectivity index (χ4v) is 5.35. The molecule has 196 valence electrons. The number of nitrogen functional groups attached to an aromatic ring is 1. The van der Waals surface area contributed by atoms with Gasteiger partial charge in [-0.05, 0) is 77.8 Å². The van der Waals surface area contributed by atoms with Gasteiger partial charge in [0, 0.05) is 38.2 Å². The van der Waals surface area contributed by atoms with E-state index in [-0.39, 0.29) is 23.9 Å². The number of fused-ring (bicyclic) bond motifs is 2. The number of hydrogen-bond acceptors (Lipinski definition) is 6. The number of nitrogens with one attached hydrogen (secondary N) is 1. The molecule has 10 heteroatoms. The molecule has 0 atom stereocenters. The van der Waals surface area contributed by atoms with Gasteiger partial charge in [0.05, 0.1) is 46.8 Å². The van der Waals surface area contributed by atoms with Crippen molar-refractivity contribution in [1.29, 1.82) is 5.26 Å². The molecule has 38 heavy (non-hydrogen) atoms. The lowest BCUT2D eigenvalue weighted by molar-refractivity contribution is -0.125. The summed E-state index contributed by atoms with van der Waals surface area (Å²) in [6.45, 7) is 9.03. The molecule has 3 aromatic rings. The third kappa shape index (κ3) is 5.26. The highest BCUT2D eigenvalue weighted by Gasteiger charge is 2.33. The molecule has 2 aromatic carbocycles. The van der Waals surface area contributed by atoms with Gasteiger partial charge in [-0.3, -0.25) is 9.59 Å². The van der Waals surface area contributed by atoms with E-state index in [0.717, 1.165) is 31.2 Å². The Morgan fingerprint density at radius 3 is 2.29 bits per heavy atom. The van der Waals surface area contributed by atoms with Gasteiger partial charge in [0.25, 0.3) is 5.91 Å². The Labute approximate surface area is 238 Å². The van der Waals surface area contributed by atoms with Crippen molar-refractivity contribution in [2.45, 2.75) is 46.3 Å². The number of pyridine rings is 1. The Balaban J connectivity index is 0.000000177. The molecule has 5 rings (SSSR count). The topological polar surface area (TPSA) is 115 Å². The van der Waals surface area contributed by atoms with E-state index in [1.807, 2.05) is 58.0 Å². The van der Waals surface area contributed by atoms with Gasteiger partial charge in [0.1, 0.15) is 6.07 Å². The number of nitrogens with zero attached hydrogens (tertiary/aromatic N) is 4. The number of benzene rings is 2. The van der Waals surface area contributed by atoms with Crippen LogP contribution in [0.4, 0.5) is 11.4 Å². The Hall–Kier alpha value is -3.42. The number of carbonyl (C=O) groups excluding carboxylic acids is 2. The average Bonchev–Trinajstić information content (AvgIpc) is 3.41. The maximum absolute atomic E-state index is 12.4. The number of nitrogens with two attached hydrogens (primary N) is 1. The molecular formula is C28H28Br2N6O2. The van der Waals surface area contributed by atoms with Crippen LogP contribution in [0.25, 0.3) is 10.9 Å². The Morgan fingerprint density at radius 2 is 1.66 bits per heavy atom. The fraction of sp³-hybridized carbons (Fsp3) is 0.286. The van der Waals surface area contributed by atoms with Crippen LogP contribution in [0.15, 0.2) is 57.1 Å². The van der Waals surface area contributed by atoms with Crippen LogP contribution in [-0.4, -0.2) is 45.2 Å². The molecule has 0 saturated heterocycles. The Morgan fingerprint density at radius 1 is 1.00 bits per heavy atom. The summed E-state index contributed by atoms with van der Waals surface area (Å²) in [5, 5.41) is 13.1. The second kappa shape index (κ2) is 11.1. The minimum atomic E-state index is -0.0168. The SMILES string of the molecule is CC(C)N1CC(Nc2c(Br)cccc2C#N)=CC1=O.CC(C)N1Cc2nc3c(Br)cccc3c(N)c2C1=O. The van der Waals surface area contributed by atoms with E-state index < -0.39 is 0 Å². The molecule has 2 aliphatic rings. The van der Waals surface area contributed by atoms with Crippen molar-refractivity contribution in [2.24, 2.45) is 0 Å². The van der Waals surface area contributed by atoms with Crippen LogP contribution in [0.5, 0.6) is 0 Å². The first-order chi connectivity index (χ1) is 18.0. The number of nitriles is 1. The molecule has 0 unspecified atom stereocenters. The van der Waals surface area contributed by atoms with Gasteiger partial charge in [0.2, 0.25) is 5.91 Å². The highest BCUT2D eigenvalue weighted by molar-refractivity contribution is 9.11. The normalized spacial score (nSPS) is 14.6. The number of aromatic nitrogens is 1. The summed E-state index contributed by atoms with van der Waals surface area (Å²) in [5.41, 5.74) is 10.9. The van der Waals surface area contributed by atoms with Gasteiger partial charge in [-0.25, -0.2) is 4.98 Å². The van der Waals surface area contributed by atoms with Gasteiger partial charge < -0.3 is 20.9 Å². The molecule has 0 aliphatic carbocycles. The van der Waals surface area contributed by atoms with Crippen LogP contribution in [0.1, 0.15) is 49.3 Å². The highest BCUT2D eigenvalue weighted by atomic mass is 79.9. The standard InChI is InChI=1S/2C14H14BrN3O/c1-7(2)18-6-10-11(14(18)19)12(16)8-4-3-5-9(15)13(8)17-10;1-9(2)18-8-11(6-13(18)19)17-14-10(7-16)4-3-5-12(14)15/h3-5,7H,6H2,1-2H3,(H2,16,17);3-6,9,17H,8H2,1-2H3. The monoisotopic (exact) mass is 638 g/mol. The van der Waals surface area contributed by atoms with Gasteiger partial charge in [-0.15, -0.1) is 0 Å². The molecule has 0 radical (unpaired) electrons. The minimum Gasteiger partial charge on any atom is -0.397 e. The van der Waals surface area contributed by atoms with Crippen molar-refractivity contribution in [3.05, 3.63) is 73.9 Å². The van der Waals surface area contributed by atoms with Crippen molar-refractivity contribution < 1.29 is 9.59 Å². The van der Waals surface area contributed by atoms with Crippen LogP contribution in [0, 0.1) is 11.3 Å². The lowest BCUT2D eigenvalue weighted by Gasteiger charge is -2.21. The lowest BCUT2D eigenvalue weighted by Crippen LogP contribution is -2.33. The van der Waals surface area contributed by atoms with Gasteiger partial charge in [0.15, 0.2) is 0 Å². The third-order valence-corrected chi connectivity index (χ3v) is 7.76. The van der Waals surface area contributed by atoms with E-state index in [1.54, 1.807) is 21.9 Å². The highest BCUT2D eigenvalue weighted by Crippen LogP contribution is 2.35. The maximum atomic E-state index is 12.4. The predicted molar refractivity (Wildman–Crippen MR) is 156 cm³/mol. The average molecular weight is 640 g/mol. The number of para-hydroxylation sites is 2. The summed E-state index contributed by atoms with van der Waals surface area (Å²) in [6, 6.07) is 13.6. The number of carbonyl (C=O) groups is 2. The molecule has 3 heterocycles. The molecule has 2 aliphatic heterocycles. The number of halogens is 2. The zero-order valence-corrected chi connectivity index (χ0v) is 24.7. The van der Waals surface area contributed by atoms with E-state index in [2.05, 4.69) is 48.2 Å². The quantitative estimate of drug-likeness (QED) is 0.372. The number of hydrogen-bond donors (Lipinski definition) is 2. The molecule has 3 N–H and O–H groups in total. The van der Waals surface area contributed by atoms with E-state index in [9.17, 15) is 9.59 Å².